The smallest absolute Gasteiger partial charge is 0.162 e. The van der Waals surface area contributed by atoms with Crippen LogP contribution in [-0.4, -0.2) is 22.5 Å². The monoisotopic (exact) mass is 381 g/mol. The van der Waals surface area contributed by atoms with Gasteiger partial charge in [-0.1, -0.05) is 36.2 Å². The molecule has 0 amide bonds. The minimum Gasteiger partial charge on any atom is -0.490 e. The number of hydrogen-bond donors (Lipinski definition) is 1. The molecule has 0 aliphatic carbocycles. The van der Waals surface area contributed by atoms with Crippen molar-refractivity contribution in [1.29, 1.82) is 0 Å². The lowest BCUT2D eigenvalue weighted by Crippen LogP contribution is -2.15. The lowest BCUT2D eigenvalue weighted by Gasteiger charge is -2.10. The van der Waals surface area contributed by atoms with E-state index in [1.165, 1.54) is 11.8 Å². The van der Waals surface area contributed by atoms with Crippen LogP contribution in [0.5, 0.6) is 11.5 Å². The van der Waals surface area contributed by atoms with Gasteiger partial charge >= 0.3 is 0 Å². The van der Waals surface area contributed by atoms with Crippen molar-refractivity contribution in [3.05, 3.63) is 28.0 Å². The van der Waals surface area contributed by atoms with Gasteiger partial charge in [-0.05, 0) is 37.4 Å². The molecule has 1 aliphatic heterocycles. The minimum absolute atomic E-state index is 0.612. The van der Waals surface area contributed by atoms with E-state index in [4.69, 9.17) is 33.9 Å². The van der Waals surface area contributed by atoms with Gasteiger partial charge in [0.1, 0.15) is 9.31 Å². The maximum atomic E-state index is 5.69. The molecule has 0 saturated carbocycles. The Labute approximate surface area is 154 Å². The highest BCUT2D eigenvalue weighted by Crippen LogP contribution is 2.38. The SMILES string of the molecule is CCOc1cc2cc(/C=C3/SC(=S)NC3=S)sc2cc1OCC. The molecule has 3 rings (SSSR count). The van der Waals surface area contributed by atoms with Crippen LogP contribution in [0.25, 0.3) is 16.2 Å². The van der Waals surface area contributed by atoms with E-state index in [0.717, 1.165) is 31.4 Å². The van der Waals surface area contributed by atoms with Crippen LogP contribution in [0.1, 0.15) is 18.7 Å². The number of nitrogens with one attached hydrogen (secondary N) is 1. The van der Waals surface area contributed by atoms with Crippen molar-refractivity contribution in [2.45, 2.75) is 13.8 Å². The Balaban J connectivity index is 1.99. The number of ether oxygens (including phenoxy) is 2. The maximum Gasteiger partial charge on any atom is 0.162 e. The first-order valence-electron chi connectivity index (χ1n) is 7.18. The average Bonchev–Trinajstić information content (AvgIpc) is 3.02. The summed E-state index contributed by atoms with van der Waals surface area (Å²) in [5.74, 6) is 1.57. The number of fused-ring (bicyclic) bond motifs is 1. The molecular weight excluding hydrogens is 366 g/mol. The van der Waals surface area contributed by atoms with Gasteiger partial charge in [-0.15, -0.1) is 11.3 Å². The highest BCUT2D eigenvalue weighted by atomic mass is 32.2. The van der Waals surface area contributed by atoms with E-state index >= 15 is 0 Å². The molecule has 1 N–H and O–H groups in total. The van der Waals surface area contributed by atoms with Crippen molar-refractivity contribution in [2.75, 3.05) is 13.2 Å². The number of hydrogen-bond acceptors (Lipinski definition) is 6. The molecule has 0 bridgehead atoms. The van der Waals surface area contributed by atoms with Crippen LogP contribution < -0.4 is 14.8 Å². The number of benzene rings is 1. The molecule has 0 radical (unpaired) electrons. The zero-order chi connectivity index (χ0) is 16.4. The molecule has 3 nitrogen and oxygen atoms in total. The summed E-state index contributed by atoms with van der Waals surface area (Å²) in [7, 11) is 0. The second-order valence-electron chi connectivity index (χ2n) is 4.70. The molecule has 1 saturated heterocycles. The summed E-state index contributed by atoms with van der Waals surface area (Å²) in [6.07, 6.45) is 2.07. The molecule has 1 fully saturated rings. The molecule has 0 unspecified atom stereocenters. The van der Waals surface area contributed by atoms with E-state index in [9.17, 15) is 0 Å². The van der Waals surface area contributed by atoms with Crippen molar-refractivity contribution in [2.24, 2.45) is 0 Å². The van der Waals surface area contributed by atoms with Gasteiger partial charge in [0.2, 0.25) is 0 Å². The van der Waals surface area contributed by atoms with Crippen LogP contribution in [-0.2, 0) is 0 Å². The van der Waals surface area contributed by atoms with Crippen LogP contribution in [0.2, 0.25) is 0 Å². The second kappa shape index (κ2) is 7.17. The number of thiocarbonyl (C=S) groups is 2. The van der Waals surface area contributed by atoms with Crippen molar-refractivity contribution in [3.63, 3.8) is 0 Å². The third-order valence-corrected chi connectivity index (χ3v) is 5.79. The fourth-order valence-electron chi connectivity index (χ4n) is 2.23. The predicted molar refractivity (Wildman–Crippen MR) is 108 cm³/mol. The highest BCUT2D eigenvalue weighted by molar-refractivity contribution is 8.27. The summed E-state index contributed by atoms with van der Waals surface area (Å²) in [5, 5.41) is 4.13. The minimum atomic E-state index is 0.612. The molecule has 1 aliphatic rings. The van der Waals surface area contributed by atoms with Gasteiger partial charge in [-0.3, -0.25) is 0 Å². The van der Waals surface area contributed by atoms with Gasteiger partial charge in [0.05, 0.1) is 18.1 Å². The van der Waals surface area contributed by atoms with Gasteiger partial charge in [-0.2, -0.15) is 0 Å². The van der Waals surface area contributed by atoms with Crippen LogP contribution in [0.3, 0.4) is 0 Å². The van der Waals surface area contributed by atoms with E-state index in [2.05, 4.69) is 17.5 Å². The summed E-state index contributed by atoms with van der Waals surface area (Å²) >= 11 is 13.6. The zero-order valence-corrected chi connectivity index (χ0v) is 15.9. The summed E-state index contributed by atoms with van der Waals surface area (Å²) in [6, 6.07) is 6.21. The lowest BCUT2D eigenvalue weighted by atomic mass is 10.2. The lowest BCUT2D eigenvalue weighted by molar-refractivity contribution is 0.288. The largest absolute Gasteiger partial charge is 0.490 e. The summed E-state index contributed by atoms with van der Waals surface area (Å²) < 4.78 is 13.2. The van der Waals surface area contributed by atoms with Crippen molar-refractivity contribution < 1.29 is 9.47 Å². The Morgan fingerprint density at radius 2 is 1.78 bits per heavy atom. The normalized spacial score (nSPS) is 16.2. The molecule has 2 aromatic rings. The first kappa shape index (κ1) is 16.7. The van der Waals surface area contributed by atoms with E-state index < -0.39 is 0 Å². The average molecular weight is 382 g/mol. The highest BCUT2D eigenvalue weighted by Gasteiger charge is 2.19. The molecule has 23 heavy (non-hydrogen) atoms. The Morgan fingerprint density at radius 3 is 2.39 bits per heavy atom. The summed E-state index contributed by atoms with van der Waals surface area (Å²) in [5.41, 5.74) is 0. The molecule has 2 heterocycles. The number of thioether (sulfide) groups is 1. The van der Waals surface area contributed by atoms with Gasteiger partial charge in [0.15, 0.2) is 11.5 Å². The fourth-order valence-corrected chi connectivity index (χ4v) is 4.79. The van der Waals surface area contributed by atoms with E-state index in [1.807, 2.05) is 26.0 Å². The Bertz CT molecular complexity index is 767. The Hall–Kier alpha value is -1.15. The van der Waals surface area contributed by atoms with Gasteiger partial charge in [0.25, 0.3) is 0 Å². The number of thiophene rings is 1. The van der Waals surface area contributed by atoms with E-state index in [1.54, 1.807) is 11.3 Å². The first-order valence-corrected chi connectivity index (χ1v) is 9.63. The van der Waals surface area contributed by atoms with Gasteiger partial charge < -0.3 is 14.8 Å². The predicted octanol–water partition coefficient (Wildman–Crippen LogP) is 4.99. The van der Waals surface area contributed by atoms with E-state index in [-0.39, 0.29) is 0 Å². The molecule has 0 atom stereocenters. The summed E-state index contributed by atoms with van der Waals surface area (Å²) in [4.78, 5) is 2.82. The van der Waals surface area contributed by atoms with Gasteiger partial charge in [0, 0.05) is 15.6 Å². The topological polar surface area (TPSA) is 30.5 Å². The van der Waals surface area contributed by atoms with Crippen LogP contribution >= 0.6 is 47.5 Å². The number of rotatable bonds is 5. The molecule has 0 spiro atoms. The fraction of sp³-hybridized carbons (Fsp3) is 0.250. The third-order valence-electron chi connectivity index (χ3n) is 3.12. The van der Waals surface area contributed by atoms with Crippen LogP contribution in [0.15, 0.2) is 23.1 Å². The van der Waals surface area contributed by atoms with Crippen molar-refractivity contribution in [3.8, 4) is 11.5 Å². The molecule has 1 aromatic carbocycles. The molecular formula is C16H15NO2S4. The molecule has 1 aromatic heterocycles. The van der Waals surface area contributed by atoms with Crippen LogP contribution in [0.4, 0.5) is 0 Å². The molecule has 7 heteroatoms. The Morgan fingerprint density at radius 1 is 1.09 bits per heavy atom. The van der Waals surface area contributed by atoms with Crippen molar-refractivity contribution >= 4 is 73.0 Å². The Kier molecular flexibility index (Phi) is 5.21. The molecule has 120 valence electrons. The van der Waals surface area contributed by atoms with Gasteiger partial charge in [-0.25, -0.2) is 0 Å². The van der Waals surface area contributed by atoms with E-state index in [0.29, 0.717) is 22.5 Å². The third kappa shape index (κ3) is 3.68. The summed E-state index contributed by atoms with van der Waals surface area (Å²) in [6.45, 7) is 5.17. The van der Waals surface area contributed by atoms with Crippen LogP contribution in [0, 0.1) is 0 Å². The maximum absolute atomic E-state index is 5.69. The quantitative estimate of drug-likeness (QED) is 0.580. The standard InChI is InChI=1S/C16H15NO2S4/c1-3-18-11-6-9-5-10(7-14-15(20)17-16(21)23-14)22-13(9)8-12(11)19-4-2/h5-8H,3-4H2,1-2H3,(H,17,20,21)/b14-7+. The second-order valence-corrected chi connectivity index (χ2v) is 7.95. The first-order chi connectivity index (χ1) is 11.1. The van der Waals surface area contributed by atoms with Crippen molar-refractivity contribution in [1.82, 2.24) is 5.32 Å². The zero-order valence-electron chi connectivity index (χ0n) is 12.7.